The highest BCUT2D eigenvalue weighted by atomic mass is 32.2. The quantitative estimate of drug-likeness (QED) is 0.639. The fourth-order valence-electron chi connectivity index (χ4n) is 3.17. The monoisotopic (exact) mass is 411 g/mol. The lowest BCUT2D eigenvalue weighted by atomic mass is 9.87. The molecule has 0 aliphatic carbocycles. The normalized spacial score (nSPS) is 13.3. The SMILES string of the molecule is CC(C)(C)c1ccc(S(=O)(=O)NC(Cc2ccc3ccccc3c2)C(=O)O)cc1. The van der Waals surface area contributed by atoms with Gasteiger partial charge in [-0.2, -0.15) is 4.72 Å². The lowest BCUT2D eigenvalue weighted by molar-refractivity contribution is -0.138. The molecule has 0 bridgehead atoms. The van der Waals surface area contributed by atoms with Gasteiger partial charge in [-0.25, -0.2) is 8.42 Å². The van der Waals surface area contributed by atoms with Crippen LogP contribution in [0.25, 0.3) is 10.8 Å². The van der Waals surface area contributed by atoms with Crippen LogP contribution >= 0.6 is 0 Å². The summed E-state index contributed by atoms with van der Waals surface area (Å²) in [6, 6.07) is 18.6. The molecule has 0 saturated carbocycles. The topological polar surface area (TPSA) is 83.5 Å². The minimum atomic E-state index is -3.96. The van der Waals surface area contributed by atoms with Crippen molar-refractivity contribution in [1.82, 2.24) is 4.72 Å². The number of benzene rings is 3. The van der Waals surface area contributed by atoms with Crippen molar-refractivity contribution < 1.29 is 18.3 Å². The van der Waals surface area contributed by atoms with Crippen molar-refractivity contribution in [3.8, 4) is 0 Å². The Morgan fingerprint density at radius 1 is 0.966 bits per heavy atom. The first-order valence-corrected chi connectivity index (χ1v) is 10.9. The van der Waals surface area contributed by atoms with Crippen LogP contribution in [0, 0.1) is 0 Å². The lowest BCUT2D eigenvalue weighted by Crippen LogP contribution is -2.42. The molecule has 0 amide bonds. The fraction of sp³-hybridized carbons (Fsp3) is 0.261. The van der Waals surface area contributed by atoms with E-state index in [9.17, 15) is 18.3 Å². The fourth-order valence-corrected chi connectivity index (χ4v) is 4.36. The Hall–Kier alpha value is -2.70. The van der Waals surface area contributed by atoms with E-state index in [-0.39, 0.29) is 16.7 Å². The van der Waals surface area contributed by atoms with E-state index in [4.69, 9.17) is 0 Å². The number of sulfonamides is 1. The van der Waals surface area contributed by atoms with Crippen LogP contribution in [0.1, 0.15) is 31.9 Å². The van der Waals surface area contributed by atoms with Gasteiger partial charge in [0.1, 0.15) is 6.04 Å². The maximum absolute atomic E-state index is 12.7. The molecule has 5 nitrogen and oxygen atoms in total. The van der Waals surface area contributed by atoms with E-state index in [1.807, 2.05) is 63.2 Å². The van der Waals surface area contributed by atoms with Crippen molar-refractivity contribution in [2.75, 3.05) is 0 Å². The van der Waals surface area contributed by atoms with Crippen LogP contribution in [0.4, 0.5) is 0 Å². The maximum Gasteiger partial charge on any atom is 0.322 e. The number of nitrogens with one attached hydrogen (secondary N) is 1. The van der Waals surface area contributed by atoms with Crippen molar-refractivity contribution in [2.45, 2.75) is 43.5 Å². The van der Waals surface area contributed by atoms with Crippen molar-refractivity contribution >= 4 is 26.8 Å². The van der Waals surface area contributed by atoms with Gasteiger partial charge in [-0.1, -0.05) is 75.4 Å². The first-order chi connectivity index (χ1) is 13.6. The maximum atomic E-state index is 12.7. The van der Waals surface area contributed by atoms with Gasteiger partial charge in [0, 0.05) is 0 Å². The smallest absolute Gasteiger partial charge is 0.322 e. The van der Waals surface area contributed by atoms with Gasteiger partial charge in [0.25, 0.3) is 0 Å². The summed E-state index contributed by atoms with van der Waals surface area (Å²) in [7, 11) is -3.96. The minimum absolute atomic E-state index is 0.0512. The third-order valence-electron chi connectivity index (χ3n) is 4.88. The number of fused-ring (bicyclic) bond motifs is 1. The zero-order chi connectivity index (χ0) is 21.2. The molecule has 3 rings (SSSR count). The molecule has 3 aromatic rings. The second-order valence-corrected chi connectivity index (χ2v) is 9.89. The highest BCUT2D eigenvalue weighted by Crippen LogP contribution is 2.24. The highest BCUT2D eigenvalue weighted by molar-refractivity contribution is 7.89. The van der Waals surface area contributed by atoms with E-state index >= 15 is 0 Å². The Morgan fingerprint density at radius 3 is 2.17 bits per heavy atom. The number of carboxylic acids is 1. The molecule has 29 heavy (non-hydrogen) atoms. The van der Waals surface area contributed by atoms with Gasteiger partial charge in [0.15, 0.2) is 0 Å². The van der Waals surface area contributed by atoms with Gasteiger partial charge in [-0.3, -0.25) is 4.79 Å². The predicted molar refractivity (Wildman–Crippen MR) is 115 cm³/mol. The number of carboxylic acid groups (broad SMARTS) is 1. The van der Waals surface area contributed by atoms with Crippen molar-refractivity contribution in [3.05, 3.63) is 77.9 Å². The minimum Gasteiger partial charge on any atom is -0.480 e. The van der Waals surface area contributed by atoms with Gasteiger partial charge < -0.3 is 5.11 Å². The summed E-state index contributed by atoms with van der Waals surface area (Å²) in [4.78, 5) is 11.8. The standard InChI is InChI=1S/C23H25NO4S/c1-23(2,3)19-10-12-20(13-11-19)29(27,28)24-21(22(25)26)15-16-8-9-17-6-4-5-7-18(17)14-16/h4-14,21,24H,15H2,1-3H3,(H,25,26). The molecule has 0 saturated heterocycles. The number of carbonyl (C=O) groups is 1. The Bertz CT molecular complexity index is 1130. The molecule has 0 fully saturated rings. The first kappa shape index (κ1) is 21.0. The summed E-state index contributed by atoms with van der Waals surface area (Å²) in [5.41, 5.74) is 1.65. The van der Waals surface area contributed by atoms with E-state index in [2.05, 4.69) is 4.72 Å². The van der Waals surface area contributed by atoms with E-state index in [0.29, 0.717) is 0 Å². The summed E-state index contributed by atoms with van der Waals surface area (Å²) < 4.78 is 27.8. The van der Waals surface area contributed by atoms with Crippen LogP contribution in [0.5, 0.6) is 0 Å². The van der Waals surface area contributed by atoms with Gasteiger partial charge in [-0.05, 0) is 45.9 Å². The van der Waals surface area contributed by atoms with Crippen LogP contribution < -0.4 is 4.72 Å². The van der Waals surface area contributed by atoms with Crippen LogP contribution in [-0.4, -0.2) is 25.5 Å². The summed E-state index contributed by atoms with van der Waals surface area (Å²) in [5.74, 6) is -1.21. The first-order valence-electron chi connectivity index (χ1n) is 9.40. The zero-order valence-electron chi connectivity index (χ0n) is 16.7. The molecule has 0 heterocycles. The average Bonchev–Trinajstić information content (AvgIpc) is 2.66. The lowest BCUT2D eigenvalue weighted by Gasteiger charge is -2.20. The number of hydrogen-bond acceptors (Lipinski definition) is 3. The number of hydrogen-bond donors (Lipinski definition) is 2. The number of aliphatic carboxylic acids is 1. The summed E-state index contributed by atoms with van der Waals surface area (Å²) in [6.07, 6.45) is 0.0550. The third kappa shape index (κ3) is 5.02. The molecule has 1 atom stereocenters. The van der Waals surface area contributed by atoms with Crippen molar-refractivity contribution in [1.29, 1.82) is 0 Å². The van der Waals surface area contributed by atoms with E-state index in [1.54, 1.807) is 12.1 Å². The van der Waals surface area contributed by atoms with Gasteiger partial charge in [0.2, 0.25) is 10.0 Å². The Kier molecular flexibility index (Phi) is 5.78. The van der Waals surface area contributed by atoms with Crippen LogP contribution in [0.3, 0.4) is 0 Å². The molecule has 0 radical (unpaired) electrons. The Balaban J connectivity index is 1.82. The Labute approximate surface area is 171 Å². The van der Waals surface area contributed by atoms with Crippen LogP contribution in [0.2, 0.25) is 0 Å². The van der Waals surface area contributed by atoms with Crippen LogP contribution in [-0.2, 0) is 26.7 Å². The average molecular weight is 412 g/mol. The van der Waals surface area contributed by atoms with Gasteiger partial charge >= 0.3 is 5.97 Å². The molecule has 3 aromatic carbocycles. The molecule has 6 heteroatoms. The second kappa shape index (κ2) is 7.97. The molecular formula is C23H25NO4S. The largest absolute Gasteiger partial charge is 0.480 e. The number of rotatable bonds is 6. The van der Waals surface area contributed by atoms with Crippen LogP contribution in [0.15, 0.2) is 71.6 Å². The van der Waals surface area contributed by atoms with E-state index in [1.165, 1.54) is 12.1 Å². The predicted octanol–water partition coefficient (Wildman–Crippen LogP) is 4.11. The molecule has 152 valence electrons. The second-order valence-electron chi connectivity index (χ2n) is 8.17. The summed E-state index contributed by atoms with van der Waals surface area (Å²) in [6.45, 7) is 6.12. The van der Waals surface area contributed by atoms with E-state index in [0.717, 1.165) is 21.9 Å². The molecule has 1 unspecified atom stereocenters. The molecule has 0 spiro atoms. The van der Waals surface area contributed by atoms with E-state index < -0.39 is 22.0 Å². The van der Waals surface area contributed by atoms with Crippen molar-refractivity contribution in [2.24, 2.45) is 0 Å². The Morgan fingerprint density at radius 2 is 1.59 bits per heavy atom. The summed E-state index contributed by atoms with van der Waals surface area (Å²) in [5, 5.41) is 11.6. The van der Waals surface area contributed by atoms with Crippen molar-refractivity contribution in [3.63, 3.8) is 0 Å². The zero-order valence-corrected chi connectivity index (χ0v) is 17.5. The molecule has 2 N–H and O–H groups in total. The molecule has 0 aliphatic heterocycles. The molecule has 0 aromatic heterocycles. The third-order valence-corrected chi connectivity index (χ3v) is 6.37. The highest BCUT2D eigenvalue weighted by Gasteiger charge is 2.26. The summed E-state index contributed by atoms with van der Waals surface area (Å²) >= 11 is 0. The molecular weight excluding hydrogens is 386 g/mol. The molecule has 0 aliphatic rings. The van der Waals surface area contributed by atoms with Gasteiger partial charge in [0.05, 0.1) is 4.90 Å². The van der Waals surface area contributed by atoms with Gasteiger partial charge in [-0.15, -0.1) is 0 Å².